The maximum Gasteiger partial charge on any atom is 0.229 e. The molecule has 0 spiro atoms. The van der Waals surface area contributed by atoms with Crippen molar-refractivity contribution < 1.29 is 8.78 Å². The van der Waals surface area contributed by atoms with Crippen LogP contribution in [0.4, 0.5) is 43.6 Å². The van der Waals surface area contributed by atoms with Crippen molar-refractivity contribution in [2.75, 3.05) is 27.5 Å². The standard InChI is InChI=1S/C28H25F2N9/c1-15-5-7-19(33-28-35-23-10-21(29)22(30)11-24(23)36-28)9-25(15)39-14-18-12-32-27(37-26(18)38(4)17(39)3)34-20-8-6-16(2)31-13-20/h5-13H,3,14H2,1-2,4H3,(H,32,34,37)(H2,33,35,36). The highest BCUT2D eigenvalue weighted by molar-refractivity contribution is 5.79. The molecule has 1 aliphatic heterocycles. The first-order valence-electron chi connectivity index (χ1n) is 12.2. The van der Waals surface area contributed by atoms with Gasteiger partial charge in [0.2, 0.25) is 11.9 Å². The van der Waals surface area contributed by atoms with E-state index in [-0.39, 0.29) is 0 Å². The van der Waals surface area contributed by atoms with E-state index in [1.807, 2.05) is 62.3 Å². The molecule has 4 heterocycles. The lowest BCUT2D eigenvalue weighted by molar-refractivity contribution is 0.510. The summed E-state index contributed by atoms with van der Waals surface area (Å²) in [5.41, 5.74) is 6.13. The van der Waals surface area contributed by atoms with Crippen LogP contribution in [0.25, 0.3) is 11.0 Å². The first-order chi connectivity index (χ1) is 18.7. The largest absolute Gasteiger partial charge is 0.326 e. The molecule has 9 nitrogen and oxygen atoms in total. The topological polar surface area (TPSA) is 97.9 Å². The van der Waals surface area contributed by atoms with Crippen LogP contribution >= 0.6 is 0 Å². The molecule has 3 aromatic heterocycles. The monoisotopic (exact) mass is 525 g/mol. The summed E-state index contributed by atoms with van der Waals surface area (Å²) < 4.78 is 27.2. The molecule has 0 saturated heterocycles. The SMILES string of the molecule is C=C1N(C)c2nc(Nc3ccc(C)nc3)ncc2CN1c1cc(Nc2nc3cc(F)c(F)cc3[nH]2)ccc1C. The number of aromatic nitrogens is 5. The molecule has 3 N–H and O–H groups in total. The molecule has 0 atom stereocenters. The predicted molar refractivity (Wildman–Crippen MR) is 148 cm³/mol. The van der Waals surface area contributed by atoms with Gasteiger partial charge in [-0.25, -0.2) is 18.7 Å². The molecule has 11 heteroatoms. The summed E-state index contributed by atoms with van der Waals surface area (Å²) >= 11 is 0. The van der Waals surface area contributed by atoms with Crippen LogP contribution in [0.5, 0.6) is 0 Å². The maximum atomic E-state index is 13.6. The number of H-pyrrole nitrogens is 1. The zero-order valence-electron chi connectivity index (χ0n) is 21.5. The van der Waals surface area contributed by atoms with Crippen molar-refractivity contribution in [3.05, 3.63) is 95.7 Å². The highest BCUT2D eigenvalue weighted by atomic mass is 19.2. The second-order valence-electron chi connectivity index (χ2n) is 9.41. The summed E-state index contributed by atoms with van der Waals surface area (Å²) in [7, 11) is 1.92. The number of anilines is 6. The minimum absolute atomic E-state index is 0.332. The van der Waals surface area contributed by atoms with Gasteiger partial charge in [-0.2, -0.15) is 4.98 Å². The smallest absolute Gasteiger partial charge is 0.229 e. The van der Waals surface area contributed by atoms with Crippen molar-refractivity contribution in [2.24, 2.45) is 0 Å². The summed E-state index contributed by atoms with van der Waals surface area (Å²) in [5.74, 6) is 0.497. The number of imidazole rings is 1. The van der Waals surface area contributed by atoms with Crippen molar-refractivity contribution in [3.63, 3.8) is 0 Å². The second-order valence-corrected chi connectivity index (χ2v) is 9.41. The number of pyridine rings is 1. The normalized spacial score (nSPS) is 13.1. The molecule has 5 aromatic rings. The lowest BCUT2D eigenvalue weighted by Crippen LogP contribution is -2.38. The van der Waals surface area contributed by atoms with Gasteiger partial charge in [0.15, 0.2) is 11.6 Å². The van der Waals surface area contributed by atoms with Gasteiger partial charge in [0, 0.05) is 48.0 Å². The Morgan fingerprint density at radius 2 is 1.72 bits per heavy atom. The number of rotatable bonds is 5. The predicted octanol–water partition coefficient (Wildman–Crippen LogP) is 6.06. The molecule has 0 radical (unpaired) electrons. The number of aryl methyl sites for hydroxylation is 2. The molecular formula is C28H25F2N9. The third kappa shape index (κ3) is 4.58. The lowest BCUT2D eigenvalue weighted by Gasteiger charge is -2.39. The van der Waals surface area contributed by atoms with Gasteiger partial charge < -0.3 is 25.4 Å². The number of halogens is 2. The van der Waals surface area contributed by atoms with Crippen molar-refractivity contribution in [1.82, 2.24) is 24.9 Å². The Kier molecular flexibility index (Phi) is 5.82. The molecule has 0 fully saturated rings. The van der Waals surface area contributed by atoms with Crippen LogP contribution in [-0.2, 0) is 6.54 Å². The minimum Gasteiger partial charge on any atom is -0.326 e. The van der Waals surface area contributed by atoms with Crippen LogP contribution in [0.1, 0.15) is 16.8 Å². The van der Waals surface area contributed by atoms with E-state index in [2.05, 4.69) is 42.0 Å². The van der Waals surface area contributed by atoms with Gasteiger partial charge in [0.05, 0.1) is 29.5 Å². The van der Waals surface area contributed by atoms with Gasteiger partial charge >= 0.3 is 0 Å². The summed E-state index contributed by atoms with van der Waals surface area (Å²) in [6.07, 6.45) is 3.56. The molecule has 39 heavy (non-hydrogen) atoms. The fourth-order valence-corrected chi connectivity index (χ4v) is 4.50. The van der Waals surface area contributed by atoms with E-state index in [1.54, 1.807) is 6.20 Å². The molecule has 0 amide bonds. The average molecular weight is 526 g/mol. The third-order valence-electron chi connectivity index (χ3n) is 6.64. The van der Waals surface area contributed by atoms with Crippen molar-refractivity contribution in [3.8, 4) is 0 Å². The summed E-state index contributed by atoms with van der Waals surface area (Å²) in [6.45, 7) is 8.81. The Labute approximate surface area is 223 Å². The number of hydrogen-bond acceptors (Lipinski definition) is 8. The van der Waals surface area contributed by atoms with Gasteiger partial charge in [-0.05, 0) is 43.7 Å². The van der Waals surface area contributed by atoms with Crippen LogP contribution in [0.3, 0.4) is 0 Å². The van der Waals surface area contributed by atoms with Crippen molar-refractivity contribution >= 4 is 45.8 Å². The molecule has 0 saturated carbocycles. The Balaban J connectivity index is 1.26. The third-order valence-corrected chi connectivity index (χ3v) is 6.64. The summed E-state index contributed by atoms with van der Waals surface area (Å²) in [4.78, 5) is 24.9. The first kappa shape index (κ1) is 24.3. The van der Waals surface area contributed by atoms with Gasteiger partial charge in [0.1, 0.15) is 11.6 Å². The van der Waals surface area contributed by atoms with E-state index in [0.717, 1.165) is 57.7 Å². The molecular weight excluding hydrogens is 500 g/mol. The number of nitrogens with one attached hydrogen (secondary N) is 3. The van der Waals surface area contributed by atoms with Crippen LogP contribution in [0.15, 0.2) is 67.3 Å². The van der Waals surface area contributed by atoms with Crippen LogP contribution in [0, 0.1) is 25.5 Å². The zero-order chi connectivity index (χ0) is 27.3. The van der Waals surface area contributed by atoms with Crippen molar-refractivity contribution in [2.45, 2.75) is 20.4 Å². The number of benzene rings is 2. The average Bonchev–Trinajstić information content (AvgIpc) is 3.30. The highest BCUT2D eigenvalue weighted by Crippen LogP contribution is 2.36. The lowest BCUT2D eigenvalue weighted by atomic mass is 10.1. The Morgan fingerprint density at radius 1 is 0.923 bits per heavy atom. The van der Waals surface area contributed by atoms with E-state index in [1.165, 1.54) is 0 Å². The molecule has 6 rings (SSSR count). The maximum absolute atomic E-state index is 13.6. The molecule has 2 aromatic carbocycles. The van der Waals surface area contributed by atoms with Gasteiger partial charge in [-0.15, -0.1) is 0 Å². The number of aromatic amines is 1. The molecule has 0 unspecified atom stereocenters. The van der Waals surface area contributed by atoms with Crippen LogP contribution < -0.4 is 20.4 Å². The van der Waals surface area contributed by atoms with E-state index in [4.69, 9.17) is 4.98 Å². The fourth-order valence-electron chi connectivity index (χ4n) is 4.50. The molecule has 196 valence electrons. The second kappa shape index (κ2) is 9.35. The van der Waals surface area contributed by atoms with E-state index >= 15 is 0 Å². The highest BCUT2D eigenvalue weighted by Gasteiger charge is 2.27. The van der Waals surface area contributed by atoms with Crippen molar-refractivity contribution in [1.29, 1.82) is 0 Å². The Morgan fingerprint density at radius 3 is 2.51 bits per heavy atom. The van der Waals surface area contributed by atoms with Gasteiger partial charge in [-0.3, -0.25) is 4.98 Å². The summed E-state index contributed by atoms with van der Waals surface area (Å²) in [5, 5.41) is 6.40. The van der Waals surface area contributed by atoms with Crippen LogP contribution in [-0.4, -0.2) is 32.0 Å². The zero-order valence-corrected chi connectivity index (χ0v) is 21.5. The van der Waals surface area contributed by atoms with Gasteiger partial charge in [-0.1, -0.05) is 12.6 Å². The molecule has 1 aliphatic rings. The first-order valence-corrected chi connectivity index (χ1v) is 12.2. The Bertz CT molecular complexity index is 1690. The number of fused-ring (bicyclic) bond motifs is 2. The summed E-state index contributed by atoms with van der Waals surface area (Å²) in [6, 6.07) is 11.9. The number of nitrogens with zero attached hydrogens (tertiary/aromatic N) is 6. The molecule has 0 aliphatic carbocycles. The van der Waals surface area contributed by atoms with Crippen LogP contribution in [0.2, 0.25) is 0 Å². The van der Waals surface area contributed by atoms with Gasteiger partial charge in [0.25, 0.3) is 0 Å². The number of hydrogen-bond donors (Lipinski definition) is 3. The quantitative estimate of drug-likeness (QED) is 0.255. The Hall–Kier alpha value is -5.06. The van der Waals surface area contributed by atoms with E-state index < -0.39 is 11.6 Å². The fraction of sp³-hybridized carbons (Fsp3) is 0.143. The minimum atomic E-state index is -0.940. The van der Waals surface area contributed by atoms with E-state index in [0.29, 0.717) is 29.5 Å². The molecule has 0 bridgehead atoms. The van der Waals surface area contributed by atoms with E-state index in [9.17, 15) is 8.78 Å².